The largest absolute Gasteiger partial charge is 0.507 e. The van der Waals surface area contributed by atoms with Crippen molar-refractivity contribution in [3.63, 3.8) is 0 Å². The highest BCUT2D eigenvalue weighted by Crippen LogP contribution is 2.55. The lowest BCUT2D eigenvalue weighted by Crippen LogP contribution is -2.25. The van der Waals surface area contributed by atoms with Gasteiger partial charge in [0.2, 0.25) is 0 Å². The van der Waals surface area contributed by atoms with Crippen LogP contribution in [0.4, 0.5) is 0 Å². The van der Waals surface area contributed by atoms with E-state index in [0.717, 1.165) is 11.1 Å². The van der Waals surface area contributed by atoms with Crippen molar-refractivity contribution in [2.75, 3.05) is 0 Å². The quantitative estimate of drug-likeness (QED) is 0.269. The molecule has 0 unspecified atom stereocenters. The average Bonchev–Trinajstić information content (AvgIpc) is 3.13. The Morgan fingerprint density at radius 2 is 1.28 bits per heavy atom. The van der Waals surface area contributed by atoms with Crippen LogP contribution in [0, 0.1) is 0 Å². The summed E-state index contributed by atoms with van der Waals surface area (Å²) in [5.74, 6) is 0.370. The van der Waals surface area contributed by atoms with E-state index < -0.39 is 0 Å². The second-order valence-corrected chi connectivity index (χ2v) is 12.0. The highest BCUT2D eigenvalue weighted by atomic mass is 16.3. The maximum absolute atomic E-state index is 10.9. The molecule has 192 valence electrons. The second-order valence-electron chi connectivity index (χ2n) is 12.0. The lowest BCUT2D eigenvalue weighted by atomic mass is 9.70. The van der Waals surface area contributed by atoms with Gasteiger partial charge in [0.25, 0.3) is 0 Å². The minimum Gasteiger partial charge on any atom is -0.507 e. The summed E-state index contributed by atoms with van der Waals surface area (Å²) in [6.07, 6.45) is 12.7. The van der Waals surface area contributed by atoms with E-state index in [0.29, 0.717) is 5.75 Å². The summed E-state index contributed by atoms with van der Waals surface area (Å²) < 4.78 is 0. The Kier molecular flexibility index (Phi) is 8.28. The molecule has 1 aliphatic carbocycles. The molecule has 0 aromatic heterocycles. The third kappa shape index (κ3) is 5.26. The van der Waals surface area contributed by atoms with Gasteiger partial charge in [0.1, 0.15) is 5.75 Å². The van der Waals surface area contributed by atoms with Gasteiger partial charge in [-0.3, -0.25) is 0 Å². The Balaban J connectivity index is 1.83. The van der Waals surface area contributed by atoms with Gasteiger partial charge in [-0.15, -0.1) is 0 Å². The van der Waals surface area contributed by atoms with Gasteiger partial charge in [-0.05, 0) is 69.8 Å². The van der Waals surface area contributed by atoms with Crippen LogP contribution in [0.3, 0.4) is 0 Å². The minimum absolute atomic E-state index is 0.0394. The molecular formula is C35H46O. The Labute approximate surface area is 220 Å². The SMILES string of the molecule is CCCCCCC1(CCCCCC)c2ccccc2-c2ccc(-c3cc(C(C)(C)C)ccc3O)cc21. The van der Waals surface area contributed by atoms with E-state index in [1.54, 1.807) is 0 Å². The zero-order valence-corrected chi connectivity index (χ0v) is 23.3. The van der Waals surface area contributed by atoms with Gasteiger partial charge in [0.15, 0.2) is 0 Å². The lowest BCUT2D eigenvalue weighted by Gasteiger charge is -2.33. The van der Waals surface area contributed by atoms with E-state index in [2.05, 4.69) is 89.2 Å². The summed E-state index contributed by atoms with van der Waals surface area (Å²) in [6, 6.07) is 22.3. The lowest BCUT2D eigenvalue weighted by molar-refractivity contribution is 0.401. The number of benzene rings is 3. The monoisotopic (exact) mass is 482 g/mol. The normalized spacial score (nSPS) is 14.0. The van der Waals surface area contributed by atoms with Gasteiger partial charge in [-0.2, -0.15) is 0 Å². The van der Waals surface area contributed by atoms with Crippen LogP contribution in [0.5, 0.6) is 5.75 Å². The summed E-state index contributed by atoms with van der Waals surface area (Å²) in [6.45, 7) is 11.3. The molecule has 1 N–H and O–H groups in total. The molecular weight excluding hydrogens is 436 g/mol. The number of rotatable bonds is 11. The Hall–Kier alpha value is -2.54. The highest BCUT2D eigenvalue weighted by Gasteiger charge is 2.42. The fourth-order valence-electron chi connectivity index (χ4n) is 6.23. The van der Waals surface area contributed by atoms with Crippen molar-refractivity contribution in [1.82, 2.24) is 0 Å². The zero-order valence-electron chi connectivity index (χ0n) is 23.3. The van der Waals surface area contributed by atoms with Crippen molar-refractivity contribution in [2.45, 2.75) is 110 Å². The predicted molar refractivity (Wildman–Crippen MR) is 156 cm³/mol. The smallest absolute Gasteiger partial charge is 0.123 e. The van der Waals surface area contributed by atoms with Crippen LogP contribution in [0.2, 0.25) is 0 Å². The van der Waals surface area contributed by atoms with Gasteiger partial charge >= 0.3 is 0 Å². The molecule has 0 bridgehead atoms. The molecule has 0 spiro atoms. The summed E-state index contributed by atoms with van der Waals surface area (Å²) in [5.41, 5.74) is 9.27. The van der Waals surface area contributed by atoms with Crippen LogP contribution in [0.25, 0.3) is 22.3 Å². The van der Waals surface area contributed by atoms with Crippen molar-refractivity contribution in [3.8, 4) is 28.0 Å². The molecule has 3 aromatic rings. The molecule has 1 aliphatic rings. The molecule has 0 fully saturated rings. The molecule has 0 radical (unpaired) electrons. The third-order valence-electron chi connectivity index (χ3n) is 8.36. The maximum atomic E-state index is 10.9. The second kappa shape index (κ2) is 11.2. The third-order valence-corrected chi connectivity index (χ3v) is 8.36. The molecule has 3 aromatic carbocycles. The van der Waals surface area contributed by atoms with E-state index >= 15 is 0 Å². The van der Waals surface area contributed by atoms with Gasteiger partial charge in [0, 0.05) is 11.0 Å². The number of fused-ring (bicyclic) bond motifs is 3. The number of phenols is 1. The standard InChI is InChI=1S/C35H46O/c1-6-8-10-14-22-35(23-15-11-9-7-2)31-17-13-12-16-28(31)29-20-18-26(24-32(29)35)30-25-27(34(3,4)5)19-21-33(30)36/h12-13,16-21,24-25,36H,6-11,14-15,22-23H2,1-5H3. The Morgan fingerprint density at radius 3 is 1.92 bits per heavy atom. The van der Waals surface area contributed by atoms with E-state index in [1.165, 1.54) is 92.0 Å². The molecule has 0 aliphatic heterocycles. The topological polar surface area (TPSA) is 20.2 Å². The molecule has 0 saturated heterocycles. The molecule has 0 amide bonds. The van der Waals surface area contributed by atoms with E-state index in [-0.39, 0.29) is 10.8 Å². The van der Waals surface area contributed by atoms with Crippen LogP contribution in [0.1, 0.15) is 116 Å². The van der Waals surface area contributed by atoms with Crippen molar-refractivity contribution in [1.29, 1.82) is 0 Å². The zero-order chi connectivity index (χ0) is 25.8. The molecule has 1 heteroatoms. The molecule has 4 rings (SSSR count). The first kappa shape index (κ1) is 26.5. The van der Waals surface area contributed by atoms with Gasteiger partial charge in [-0.1, -0.05) is 128 Å². The minimum atomic E-state index is 0.0394. The van der Waals surface area contributed by atoms with Gasteiger partial charge in [-0.25, -0.2) is 0 Å². The molecule has 0 saturated carbocycles. The summed E-state index contributed by atoms with van der Waals surface area (Å²) in [4.78, 5) is 0. The summed E-state index contributed by atoms with van der Waals surface area (Å²) in [5, 5.41) is 10.9. The number of hydrogen-bond acceptors (Lipinski definition) is 1. The maximum Gasteiger partial charge on any atom is 0.123 e. The van der Waals surface area contributed by atoms with Crippen LogP contribution >= 0.6 is 0 Å². The number of unbranched alkanes of at least 4 members (excludes halogenated alkanes) is 6. The van der Waals surface area contributed by atoms with E-state index in [4.69, 9.17) is 0 Å². The van der Waals surface area contributed by atoms with Crippen LogP contribution in [-0.4, -0.2) is 5.11 Å². The van der Waals surface area contributed by atoms with Gasteiger partial charge < -0.3 is 5.11 Å². The molecule has 36 heavy (non-hydrogen) atoms. The Bertz CT molecular complexity index is 1150. The molecule has 1 nitrogen and oxygen atoms in total. The van der Waals surface area contributed by atoms with Crippen LogP contribution < -0.4 is 0 Å². The Morgan fingerprint density at radius 1 is 0.639 bits per heavy atom. The van der Waals surface area contributed by atoms with E-state index in [1.807, 2.05) is 6.07 Å². The summed E-state index contributed by atoms with van der Waals surface area (Å²) >= 11 is 0. The van der Waals surface area contributed by atoms with Crippen LogP contribution in [-0.2, 0) is 10.8 Å². The predicted octanol–water partition coefficient (Wildman–Crippen LogP) is 10.6. The van der Waals surface area contributed by atoms with Crippen molar-refractivity contribution in [3.05, 3.63) is 77.4 Å². The fraction of sp³-hybridized carbons (Fsp3) is 0.486. The van der Waals surface area contributed by atoms with E-state index in [9.17, 15) is 5.11 Å². The highest BCUT2D eigenvalue weighted by molar-refractivity contribution is 5.85. The first-order chi connectivity index (χ1) is 17.3. The number of aromatic hydroxyl groups is 1. The number of hydrogen-bond donors (Lipinski definition) is 1. The van der Waals surface area contributed by atoms with Crippen LogP contribution in [0.15, 0.2) is 60.7 Å². The molecule has 0 heterocycles. The molecule has 0 atom stereocenters. The average molecular weight is 483 g/mol. The first-order valence-electron chi connectivity index (χ1n) is 14.4. The number of phenolic OH excluding ortho intramolecular Hbond substituents is 1. The van der Waals surface area contributed by atoms with Gasteiger partial charge in [0.05, 0.1) is 0 Å². The van der Waals surface area contributed by atoms with Crippen molar-refractivity contribution >= 4 is 0 Å². The van der Waals surface area contributed by atoms with Crippen molar-refractivity contribution < 1.29 is 5.11 Å². The summed E-state index contributed by atoms with van der Waals surface area (Å²) in [7, 11) is 0. The fourth-order valence-corrected chi connectivity index (χ4v) is 6.23. The van der Waals surface area contributed by atoms with Crippen molar-refractivity contribution in [2.24, 2.45) is 0 Å². The first-order valence-corrected chi connectivity index (χ1v) is 14.4.